The van der Waals surface area contributed by atoms with E-state index in [-0.39, 0.29) is 5.91 Å². The molecule has 1 heterocycles. The molecule has 0 aromatic carbocycles. The van der Waals surface area contributed by atoms with Gasteiger partial charge in [-0.3, -0.25) is 9.89 Å². The van der Waals surface area contributed by atoms with E-state index in [0.717, 1.165) is 38.1 Å². The molecule has 2 rings (SSSR count). The number of aromatic nitrogens is 3. The second-order valence-corrected chi connectivity index (χ2v) is 5.24. The van der Waals surface area contributed by atoms with Gasteiger partial charge in [-0.1, -0.05) is 26.2 Å². The van der Waals surface area contributed by atoms with Crippen molar-refractivity contribution in [3.05, 3.63) is 11.6 Å². The van der Waals surface area contributed by atoms with Gasteiger partial charge >= 0.3 is 0 Å². The molecule has 0 unspecified atom stereocenters. The van der Waals surface area contributed by atoms with Crippen molar-refractivity contribution in [1.82, 2.24) is 20.1 Å². The summed E-state index contributed by atoms with van der Waals surface area (Å²) < 4.78 is 0. The second-order valence-electron chi connectivity index (χ2n) is 5.24. The molecule has 5 heteroatoms. The summed E-state index contributed by atoms with van der Waals surface area (Å²) in [6.45, 7) is 4.86. The van der Waals surface area contributed by atoms with Gasteiger partial charge in [0.05, 0.1) is 0 Å². The van der Waals surface area contributed by atoms with E-state index in [4.69, 9.17) is 0 Å². The van der Waals surface area contributed by atoms with Crippen molar-refractivity contribution in [3.8, 4) is 0 Å². The molecule has 0 spiro atoms. The Kier molecular flexibility index (Phi) is 4.93. The van der Waals surface area contributed by atoms with Crippen molar-refractivity contribution >= 4 is 5.91 Å². The SMILES string of the molecule is CCCc1nc(C(=O)N(CC)C2CCCCC2)n[nH]1. The third-order valence-corrected chi connectivity index (χ3v) is 3.83. The fourth-order valence-electron chi connectivity index (χ4n) is 2.83. The van der Waals surface area contributed by atoms with Crippen molar-refractivity contribution in [3.63, 3.8) is 0 Å². The largest absolute Gasteiger partial charge is 0.333 e. The fourth-order valence-corrected chi connectivity index (χ4v) is 2.83. The highest BCUT2D eigenvalue weighted by atomic mass is 16.2. The fraction of sp³-hybridized carbons (Fsp3) is 0.786. The zero-order valence-corrected chi connectivity index (χ0v) is 12.0. The van der Waals surface area contributed by atoms with Gasteiger partial charge < -0.3 is 4.90 Å². The Morgan fingerprint density at radius 3 is 2.68 bits per heavy atom. The Labute approximate surface area is 114 Å². The Bertz CT molecular complexity index is 409. The van der Waals surface area contributed by atoms with Gasteiger partial charge in [0.2, 0.25) is 5.82 Å². The molecule has 0 saturated heterocycles. The van der Waals surface area contributed by atoms with Crippen molar-refractivity contribution in [2.24, 2.45) is 0 Å². The number of H-pyrrole nitrogens is 1. The molecule has 1 aromatic rings. The number of aryl methyl sites for hydroxylation is 1. The van der Waals surface area contributed by atoms with Crippen molar-refractivity contribution in [1.29, 1.82) is 0 Å². The van der Waals surface area contributed by atoms with Gasteiger partial charge in [0.1, 0.15) is 5.82 Å². The summed E-state index contributed by atoms with van der Waals surface area (Å²) in [7, 11) is 0. The van der Waals surface area contributed by atoms with Gasteiger partial charge in [-0.25, -0.2) is 4.98 Å². The molecule has 1 N–H and O–H groups in total. The first-order valence-corrected chi connectivity index (χ1v) is 7.48. The lowest BCUT2D eigenvalue weighted by Gasteiger charge is -2.32. The quantitative estimate of drug-likeness (QED) is 0.889. The lowest BCUT2D eigenvalue weighted by Crippen LogP contribution is -2.41. The molecule has 1 aliphatic rings. The summed E-state index contributed by atoms with van der Waals surface area (Å²) in [4.78, 5) is 18.7. The molecule has 1 amide bonds. The van der Waals surface area contributed by atoms with Crippen LogP contribution in [0, 0.1) is 0 Å². The van der Waals surface area contributed by atoms with E-state index in [9.17, 15) is 4.79 Å². The third kappa shape index (κ3) is 3.33. The molecule has 1 aliphatic carbocycles. The van der Waals surface area contributed by atoms with E-state index < -0.39 is 0 Å². The highest BCUT2D eigenvalue weighted by Gasteiger charge is 2.27. The molecule has 0 bridgehead atoms. The van der Waals surface area contributed by atoms with Crippen molar-refractivity contribution < 1.29 is 4.79 Å². The smallest absolute Gasteiger partial charge is 0.293 e. The topological polar surface area (TPSA) is 61.9 Å². The summed E-state index contributed by atoms with van der Waals surface area (Å²) in [6, 6.07) is 0.374. The van der Waals surface area contributed by atoms with Crippen LogP contribution < -0.4 is 0 Å². The summed E-state index contributed by atoms with van der Waals surface area (Å²) in [5.41, 5.74) is 0. The maximum Gasteiger partial charge on any atom is 0.293 e. The number of carbonyl (C=O) groups is 1. The average Bonchev–Trinajstić information content (AvgIpc) is 2.90. The average molecular weight is 264 g/mol. The Balaban J connectivity index is 2.05. The van der Waals surface area contributed by atoms with Crippen LogP contribution in [0.5, 0.6) is 0 Å². The number of hydrogen-bond acceptors (Lipinski definition) is 3. The second kappa shape index (κ2) is 6.68. The number of nitrogens with one attached hydrogen (secondary N) is 1. The van der Waals surface area contributed by atoms with E-state index in [1.54, 1.807) is 0 Å². The summed E-state index contributed by atoms with van der Waals surface area (Å²) in [5.74, 6) is 1.12. The summed E-state index contributed by atoms with van der Waals surface area (Å²) in [5, 5.41) is 6.93. The van der Waals surface area contributed by atoms with Crippen LogP contribution in [0.2, 0.25) is 0 Å². The van der Waals surface area contributed by atoms with Crippen LogP contribution in [0.3, 0.4) is 0 Å². The van der Waals surface area contributed by atoms with E-state index in [1.807, 2.05) is 11.8 Å². The van der Waals surface area contributed by atoms with Crippen LogP contribution in [0.1, 0.15) is 68.8 Å². The Morgan fingerprint density at radius 1 is 1.32 bits per heavy atom. The standard InChI is InChI=1S/C14H24N4O/c1-3-8-12-15-13(17-16-12)14(19)18(4-2)11-9-6-5-7-10-11/h11H,3-10H2,1-2H3,(H,15,16,17). The maximum absolute atomic E-state index is 12.5. The van der Waals surface area contributed by atoms with Crippen LogP contribution in [0.4, 0.5) is 0 Å². The van der Waals surface area contributed by atoms with E-state index in [2.05, 4.69) is 22.1 Å². The highest BCUT2D eigenvalue weighted by molar-refractivity contribution is 5.90. The van der Waals surface area contributed by atoms with Gasteiger partial charge in [-0.15, -0.1) is 5.10 Å². The van der Waals surface area contributed by atoms with Gasteiger partial charge in [0, 0.05) is 19.0 Å². The van der Waals surface area contributed by atoms with Gasteiger partial charge in [0.15, 0.2) is 0 Å². The number of aromatic amines is 1. The van der Waals surface area contributed by atoms with Gasteiger partial charge in [-0.05, 0) is 26.2 Å². The van der Waals surface area contributed by atoms with Crippen molar-refractivity contribution in [2.75, 3.05) is 6.54 Å². The van der Waals surface area contributed by atoms with E-state index >= 15 is 0 Å². The molecule has 1 aromatic heterocycles. The zero-order valence-electron chi connectivity index (χ0n) is 12.0. The summed E-state index contributed by atoms with van der Waals surface area (Å²) >= 11 is 0. The molecule has 19 heavy (non-hydrogen) atoms. The monoisotopic (exact) mass is 264 g/mol. The minimum atomic E-state index is -0.0204. The molecular weight excluding hydrogens is 240 g/mol. The first-order valence-electron chi connectivity index (χ1n) is 7.48. The molecule has 0 aliphatic heterocycles. The highest BCUT2D eigenvalue weighted by Crippen LogP contribution is 2.23. The molecular formula is C14H24N4O. The van der Waals surface area contributed by atoms with Crippen LogP contribution >= 0.6 is 0 Å². The van der Waals surface area contributed by atoms with Crippen LogP contribution in [-0.2, 0) is 6.42 Å². The van der Waals surface area contributed by atoms with E-state index in [0.29, 0.717) is 11.9 Å². The number of hydrogen-bond donors (Lipinski definition) is 1. The first-order chi connectivity index (χ1) is 9.26. The number of carbonyl (C=O) groups excluding carboxylic acids is 1. The molecule has 0 atom stereocenters. The first kappa shape index (κ1) is 14.0. The Hall–Kier alpha value is -1.39. The Morgan fingerprint density at radius 2 is 2.05 bits per heavy atom. The number of nitrogens with zero attached hydrogens (tertiary/aromatic N) is 3. The van der Waals surface area contributed by atoms with E-state index in [1.165, 1.54) is 19.3 Å². The molecule has 1 saturated carbocycles. The minimum absolute atomic E-state index is 0.0204. The maximum atomic E-state index is 12.5. The predicted molar refractivity (Wildman–Crippen MR) is 74.0 cm³/mol. The molecule has 106 valence electrons. The third-order valence-electron chi connectivity index (χ3n) is 3.83. The number of amides is 1. The molecule has 0 radical (unpaired) electrons. The normalized spacial score (nSPS) is 16.5. The zero-order chi connectivity index (χ0) is 13.7. The van der Waals surface area contributed by atoms with Gasteiger partial charge in [0.25, 0.3) is 5.91 Å². The van der Waals surface area contributed by atoms with Gasteiger partial charge in [-0.2, -0.15) is 0 Å². The predicted octanol–water partition coefficient (Wildman–Crippen LogP) is 2.55. The minimum Gasteiger partial charge on any atom is -0.333 e. The van der Waals surface area contributed by atoms with Crippen LogP contribution in [0.15, 0.2) is 0 Å². The summed E-state index contributed by atoms with van der Waals surface area (Å²) in [6.07, 6.45) is 7.83. The lowest BCUT2D eigenvalue weighted by atomic mass is 9.94. The molecule has 1 fully saturated rings. The van der Waals surface area contributed by atoms with Crippen LogP contribution in [-0.4, -0.2) is 38.6 Å². The van der Waals surface area contributed by atoms with Crippen molar-refractivity contribution in [2.45, 2.75) is 64.8 Å². The lowest BCUT2D eigenvalue weighted by molar-refractivity contribution is 0.0635. The molecule has 5 nitrogen and oxygen atoms in total. The number of rotatable bonds is 5. The van der Waals surface area contributed by atoms with Crippen LogP contribution in [0.25, 0.3) is 0 Å².